The van der Waals surface area contributed by atoms with Gasteiger partial charge in [0, 0.05) is 37.6 Å². The third-order valence-electron chi connectivity index (χ3n) is 3.83. The van der Waals surface area contributed by atoms with Crippen molar-refractivity contribution in [3.05, 3.63) is 30.1 Å². The quantitative estimate of drug-likeness (QED) is 0.690. The van der Waals surface area contributed by atoms with Crippen LogP contribution < -0.4 is 0 Å². The lowest BCUT2D eigenvalue weighted by molar-refractivity contribution is -0.162. The van der Waals surface area contributed by atoms with Gasteiger partial charge in [0.05, 0.1) is 0 Å². The SMILES string of the molecule is CN(C)C[C@@H](CCCO[C@@H]1CCCCO1)c1ccccn1. The Morgan fingerprint density at radius 2 is 2.29 bits per heavy atom. The van der Waals surface area contributed by atoms with Gasteiger partial charge in [-0.1, -0.05) is 6.07 Å². The van der Waals surface area contributed by atoms with E-state index in [0.717, 1.165) is 39.0 Å². The summed E-state index contributed by atoms with van der Waals surface area (Å²) in [6.45, 7) is 2.65. The lowest BCUT2D eigenvalue weighted by Crippen LogP contribution is -2.24. The first-order valence-corrected chi connectivity index (χ1v) is 8.04. The molecule has 1 aliphatic heterocycles. The van der Waals surface area contributed by atoms with E-state index in [0.29, 0.717) is 5.92 Å². The van der Waals surface area contributed by atoms with E-state index < -0.39 is 0 Å². The molecule has 0 spiro atoms. The van der Waals surface area contributed by atoms with Crippen molar-refractivity contribution in [3.8, 4) is 0 Å². The van der Waals surface area contributed by atoms with Crippen LogP contribution in [0, 0.1) is 0 Å². The van der Waals surface area contributed by atoms with Crippen LogP contribution in [0.25, 0.3) is 0 Å². The second-order valence-corrected chi connectivity index (χ2v) is 6.02. The van der Waals surface area contributed by atoms with Crippen molar-refractivity contribution in [2.45, 2.75) is 44.3 Å². The maximum absolute atomic E-state index is 5.82. The van der Waals surface area contributed by atoms with E-state index in [1.54, 1.807) is 0 Å². The van der Waals surface area contributed by atoms with Gasteiger partial charge in [0.1, 0.15) is 0 Å². The lowest BCUT2D eigenvalue weighted by Gasteiger charge is -2.24. The maximum Gasteiger partial charge on any atom is 0.157 e. The number of likely N-dealkylation sites (N-methyl/N-ethyl adjacent to an activating group) is 1. The van der Waals surface area contributed by atoms with Crippen LogP contribution in [0.15, 0.2) is 24.4 Å². The minimum Gasteiger partial charge on any atom is -0.353 e. The first-order chi connectivity index (χ1) is 10.3. The van der Waals surface area contributed by atoms with E-state index in [4.69, 9.17) is 9.47 Å². The topological polar surface area (TPSA) is 34.6 Å². The smallest absolute Gasteiger partial charge is 0.157 e. The van der Waals surface area contributed by atoms with Gasteiger partial charge in [-0.15, -0.1) is 0 Å². The number of hydrogen-bond acceptors (Lipinski definition) is 4. The van der Waals surface area contributed by atoms with Gasteiger partial charge in [0.15, 0.2) is 6.29 Å². The molecule has 0 radical (unpaired) electrons. The molecule has 2 heterocycles. The zero-order valence-corrected chi connectivity index (χ0v) is 13.3. The Morgan fingerprint density at radius 1 is 1.38 bits per heavy atom. The predicted octanol–water partition coefficient (Wildman–Crippen LogP) is 3.05. The molecular weight excluding hydrogens is 264 g/mol. The van der Waals surface area contributed by atoms with Crippen molar-refractivity contribution in [2.75, 3.05) is 33.9 Å². The van der Waals surface area contributed by atoms with Crippen LogP contribution in [0.1, 0.15) is 43.7 Å². The van der Waals surface area contributed by atoms with E-state index in [2.05, 4.69) is 36.1 Å². The molecule has 0 bridgehead atoms. The Bertz CT molecular complexity index is 378. The molecule has 0 N–H and O–H groups in total. The molecule has 21 heavy (non-hydrogen) atoms. The fraction of sp³-hybridized carbons (Fsp3) is 0.706. The van der Waals surface area contributed by atoms with Crippen LogP contribution >= 0.6 is 0 Å². The van der Waals surface area contributed by atoms with Gasteiger partial charge in [-0.3, -0.25) is 4.98 Å². The first kappa shape index (κ1) is 16.4. The summed E-state index contributed by atoms with van der Waals surface area (Å²) in [7, 11) is 4.23. The number of rotatable bonds is 8. The molecular formula is C17H28N2O2. The minimum atomic E-state index is 0.0286. The first-order valence-electron chi connectivity index (χ1n) is 8.04. The highest BCUT2D eigenvalue weighted by Crippen LogP contribution is 2.21. The van der Waals surface area contributed by atoms with Gasteiger partial charge in [-0.25, -0.2) is 0 Å². The van der Waals surface area contributed by atoms with Gasteiger partial charge in [-0.2, -0.15) is 0 Å². The van der Waals surface area contributed by atoms with Crippen molar-refractivity contribution in [1.29, 1.82) is 0 Å². The van der Waals surface area contributed by atoms with Crippen LogP contribution in [0.2, 0.25) is 0 Å². The predicted molar refractivity (Wildman–Crippen MR) is 84.3 cm³/mol. The van der Waals surface area contributed by atoms with E-state index >= 15 is 0 Å². The number of ether oxygens (including phenoxy) is 2. The third kappa shape index (κ3) is 6.12. The normalized spacial score (nSPS) is 20.6. The Morgan fingerprint density at radius 3 is 2.95 bits per heavy atom. The van der Waals surface area contributed by atoms with Gasteiger partial charge in [-0.05, 0) is 58.3 Å². The Balaban J connectivity index is 1.74. The number of pyridine rings is 1. The molecule has 1 aliphatic rings. The standard InChI is InChI=1S/C17H28N2O2/c1-19(2)14-15(16-9-3-5-11-18-16)8-7-13-21-17-10-4-6-12-20-17/h3,5,9,11,15,17H,4,6-8,10,12-14H2,1-2H3/t15-,17-/m1/s1. The molecule has 0 amide bonds. The summed E-state index contributed by atoms with van der Waals surface area (Å²) < 4.78 is 11.4. The Hall–Kier alpha value is -0.970. The summed E-state index contributed by atoms with van der Waals surface area (Å²) in [6, 6.07) is 6.16. The molecule has 118 valence electrons. The minimum absolute atomic E-state index is 0.0286. The second kappa shape index (κ2) is 9.13. The Kier molecular flexibility index (Phi) is 7.13. The van der Waals surface area contributed by atoms with Crippen LogP contribution in [0.5, 0.6) is 0 Å². The van der Waals surface area contributed by atoms with Gasteiger partial charge < -0.3 is 14.4 Å². The molecule has 0 unspecified atom stereocenters. The van der Waals surface area contributed by atoms with Crippen molar-refractivity contribution < 1.29 is 9.47 Å². The summed E-state index contributed by atoms with van der Waals surface area (Å²) in [5, 5.41) is 0. The largest absolute Gasteiger partial charge is 0.353 e. The molecule has 1 aromatic heterocycles. The molecule has 2 rings (SSSR count). The van der Waals surface area contributed by atoms with Gasteiger partial charge in [0.25, 0.3) is 0 Å². The molecule has 4 nitrogen and oxygen atoms in total. The maximum atomic E-state index is 5.82. The van der Waals surface area contributed by atoms with E-state index in [-0.39, 0.29) is 6.29 Å². The summed E-state index contributed by atoms with van der Waals surface area (Å²) in [6.07, 6.45) is 7.50. The van der Waals surface area contributed by atoms with Crippen molar-refractivity contribution in [1.82, 2.24) is 9.88 Å². The average molecular weight is 292 g/mol. The molecule has 0 saturated carbocycles. The average Bonchev–Trinajstić information content (AvgIpc) is 2.52. The lowest BCUT2D eigenvalue weighted by atomic mass is 9.98. The molecule has 1 fully saturated rings. The highest BCUT2D eigenvalue weighted by Gasteiger charge is 2.16. The summed E-state index contributed by atoms with van der Waals surface area (Å²) in [5.41, 5.74) is 1.18. The monoisotopic (exact) mass is 292 g/mol. The fourth-order valence-corrected chi connectivity index (χ4v) is 2.78. The van der Waals surface area contributed by atoms with Crippen LogP contribution in [-0.4, -0.2) is 50.0 Å². The van der Waals surface area contributed by atoms with E-state index in [9.17, 15) is 0 Å². The van der Waals surface area contributed by atoms with Gasteiger partial charge >= 0.3 is 0 Å². The van der Waals surface area contributed by atoms with Crippen LogP contribution in [0.4, 0.5) is 0 Å². The number of aromatic nitrogens is 1. The zero-order valence-electron chi connectivity index (χ0n) is 13.3. The van der Waals surface area contributed by atoms with Crippen LogP contribution in [-0.2, 0) is 9.47 Å². The van der Waals surface area contributed by atoms with E-state index in [1.807, 2.05) is 12.3 Å². The molecule has 1 saturated heterocycles. The highest BCUT2D eigenvalue weighted by molar-refractivity contribution is 5.09. The Labute approximate surface area is 128 Å². The van der Waals surface area contributed by atoms with Gasteiger partial charge in [0.2, 0.25) is 0 Å². The van der Waals surface area contributed by atoms with Crippen molar-refractivity contribution in [2.24, 2.45) is 0 Å². The van der Waals surface area contributed by atoms with E-state index in [1.165, 1.54) is 18.5 Å². The zero-order chi connectivity index (χ0) is 14.9. The fourth-order valence-electron chi connectivity index (χ4n) is 2.78. The molecule has 2 atom stereocenters. The molecule has 1 aromatic rings. The summed E-state index contributed by atoms with van der Waals surface area (Å²) in [4.78, 5) is 6.74. The van der Waals surface area contributed by atoms with Crippen LogP contribution in [0.3, 0.4) is 0 Å². The number of nitrogens with zero attached hydrogens (tertiary/aromatic N) is 2. The highest BCUT2D eigenvalue weighted by atomic mass is 16.7. The summed E-state index contributed by atoms with van der Waals surface area (Å²) in [5.74, 6) is 0.470. The third-order valence-corrected chi connectivity index (χ3v) is 3.83. The number of hydrogen-bond donors (Lipinski definition) is 0. The van der Waals surface area contributed by atoms with Crippen molar-refractivity contribution in [3.63, 3.8) is 0 Å². The molecule has 0 aromatic carbocycles. The van der Waals surface area contributed by atoms with Crippen molar-refractivity contribution >= 4 is 0 Å². The second-order valence-electron chi connectivity index (χ2n) is 6.02. The molecule has 4 heteroatoms. The molecule has 0 aliphatic carbocycles. The summed E-state index contributed by atoms with van der Waals surface area (Å²) >= 11 is 0.